The fourth-order valence-corrected chi connectivity index (χ4v) is 3.64. The SMILES string of the molecule is CCOC(=O)[C@H](C)Sc1nnc(Cc2cc(=O)[nH]c(=O)[nH]2)n1-c1cccc(OC)c1. The Morgan fingerprint density at radius 2 is 2.03 bits per heavy atom. The zero-order chi connectivity index (χ0) is 21.7. The minimum absolute atomic E-state index is 0.151. The third kappa shape index (κ3) is 4.98. The van der Waals surface area contributed by atoms with Crippen LogP contribution in [0.4, 0.5) is 0 Å². The Labute approximate surface area is 175 Å². The number of thioether (sulfide) groups is 1. The lowest BCUT2D eigenvalue weighted by Crippen LogP contribution is -2.23. The van der Waals surface area contributed by atoms with Gasteiger partial charge in [-0.2, -0.15) is 0 Å². The summed E-state index contributed by atoms with van der Waals surface area (Å²) in [5.74, 6) is 0.748. The standard InChI is InChI=1S/C19H21N5O5S/c1-4-29-17(26)11(2)30-19-23-22-15(8-12-9-16(25)21-18(27)20-12)24(19)13-6-5-7-14(10-13)28-3/h5-7,9-11H,4,8H2,1-3H3,(H2,20,21,25,27)/t11-/m0/s1. The van der Waals surface area contributed by atoms with Crippen LogP contribution in [0.1, 0.15) is 25.4 Å². The Morgan fingerprint density at radius 1 is 1.23 bits per heavy atom. The maximum absolute atomic E-state index is 12.1. The van der Waals surface area contributed by atoms with Crippen molar-refractivity contribution in [1.29, 1.82) is 0 Å². The molecule has 3 aromatic rings. The van der Waals surface area contributed by atoms with Crippen LogP contribution in [0.3, 0.4) is 0 Å². The molecule has 158 valence electrons. The van der Waals surface area contributed by atoms with E-state index in [2.05, 4.69) is 20.2 Å². The van der Waals surface area contributed by atoms with Crippen molar-refractivity contribution in [1.82, 2.24) is 24.7 Å². The summed E-state index contributed by atoms with van der Waals surface area (Å²) in [5.41, 5.74) is -0.0161. The number of H-pyrrole nitrogens is 2. The van der Waals surface area contributed by atoms with Crippen molar-refractivity contribution in [2.75, 3.05) is 13.7 Å². The number of methoxy groups -OCH3 is 1. The van der Waals surface area contributed by atoms with Gasteiger partial charge in [-0.3, -0.25) is 19.1 Å². The fraction of sp³-hybridized carbons (Fsp3) is 0.316. The van der Waals surface area contributed by atoms with Crippen LogP contribution in [0, 0.1) is 0 Å². The number of rotatable bonds is 8. The second-order valence-electron chi connectivity index (χ2n) is 6.24. The molecule has 0 saturated carbocycles. The second kappa shape index (κ2) is 9.44. The molecule has 0 bridgehead atoms. The predicted octanol–water partition coefficient (Wildman–Crippen LogP) is 1.29. The van der Waals surface area contributed by atoms with E-state index < -0.39 is 16.5 Å². The van der Waals surface area contributed by atoms with E-state index in [0.717, 1.165) is 0 Å². The zero-order valence-corrected chi connectivity index (χ0v) is 17.5. The average molecular weight is 431 g/mol. The van der Waals surface area contributed by atoms with Crippen LogP contribution in [0.25, 0.3) is 5.69 Å². The Kier molecular flexibility index (Phi) is 6.72. The van der Waals surface area contributed by atoms with Gasteiger partial charge in [0.25, 0.3) is 5.56 Å². The van der Waals surface area contributed by atoms with Gasteiger partial charge in [-0.25, -0.2) is 4.79 Å². The van der Waals surface area contributed by atoms with E-state index in [0.29, 0.717) is 28.1 Å². The van der Waals surface area contributed by atoms with Crippen LogP contribution in [-0.4, -0.2) is 49.7 Å². The Morgan fingerprint density at radius 3 is 2.73 bits per heavy atom. The highest BCUT2D eigenvalue weighted by Crippen LogP contribution is 2.28. The van der Waals surface area contributed by atoms with Gasteiger partial charge in [-0.1, -0.05) is 17.8 Å². The smallest absolute Gasteiger partial charge is 0.325 e. The van der Waals surface area contributed by atoms with Gasteiger partial charge in [0.1, 0.15) is 16.8 Å². The van der Waals surface area contributed by atoms with Crippen LogP contribution in [0.5, 0.6) is 5.75 Å². The first-order valence-electron chi connectivity index (χ1n) is 9.15. The summed E-state index contributed by atoms with van der Waals surface area (Å²) in [6, 6.07) is 8.55. The lowest BCUT2D eigenvalue weighted by atomic mass is 10.2. The van der Waals surface area contributed by atoms with Gasteiger partial charge < -0.3 is 14.5 Å². The highest BCUT2D eigenvalue weighted by molar-refractivity contribution is 8.00. The van der Waals surface area contributed by atoms with Crippen molar-refractivity contribution in [3.63, 3.8) is 0 Å². The normalized spacial score (nSPS) is 11.8. The third-order valence-corrected chi connectivity index (χ3v) is 5.10. The van der Waals surface area contributed by atoms with Gasteiger partial charge in [0.05, 0.1) is 19.4 Å². The second-order valence-corrected chi connectivity index (χ2v) is 7.55. The van der Waals surface area contributed by atoms with Crippen molar-refractivity contribution in [3.8, 4) is 11.4 Å². The average Bonchev–Trinajstić information content (AvgIpc) is 3.09. The van der Waals surface area contributed by atoms with Crippen LogP contribution in [0.2, 0.25) is 0 Å². The molecule has 2 heterocycles. The Balaban J connectivity index is 2.03. The molecule has 30 heavy (non-hydrogen) atoms. The van der Waals surface area contributed by atoms with Crippen molar-refractivity contribution < 1.29 is 14.3 Å². The molecular formula is C19H21N5O5S. The molecule has 2 N–H and O–H groups in total. The molecule has 0 fully saturated rings. The Bertz CT molecular complexity index is 1120. The molecule has 3 rings (SSSR count). The van der Waals surface area contributed by atoms with Crippen LogP contribution in [0.15, 0.2) is 45.1 Å². The van der Waals surface area contributed by atoms with E-state index in [9.17, 15) is 14.4 Å². The number of nitrogens with zero attached hydrogens (tertiary/aromatic N) is 3. The monoisotopic (exact) mass is 431 g/mol. The largest absolute Gasteiger partial charge is 0.497 e. The summed E-state index contributed by atoms with van der Waals surface area (Å²) in [7, 11) is 1.56. The highest BCUT2D eigenvalue weighted by Gasteiger charge is 2.22. The molecule has 1 aromatic carbocycles. The number of nitrogens with one attached hydrogen (secondary N) is 2. The van der Waals surface area contributed by atoms with Crippen LogP contribution >= 0.6 is 11.8 Å². The van der Waals surface area contributed by atoms with Crippen molar-refractivity contribution >= 4 is 17.7 Å². The minimum Gasteiger partial charge on any atom is -0.497 e. The molecule has 1 atom stereocenters. The summed E-state index contributed by atoms with van der Waals surface area (Å²) in [5, 5.41) is 8.40. The number of hydrogen-bond acceptors (Lipinski definition) is 8. The van der Waals surface area contributed by atoms with Gasteiger partial charge >= 0.3 is 11.7 Å². The topological polar surface area (TPSA) is 132 Å². The molecule has 2 aromatic heterocycles. The maximum Gasteiger partial charge on any atom is 0.325 e. The first kappa shape index (κ1) is 21.4. The van der Waals surface area contributed by atoms with Crippen LogP contribution in [-0.2, 0) is 16.0 Å². The predicted molar refractivity (Wildman–Crippen MR) is 110 cm³/mol. The van der Waals surface area contributed by atoms with Gasteiger partial charge in [0.15, 0.2) is 5.16 Å². The minimum atomic E-state index is -0.601. The number of carbonyl (C=O) groups is 1. The number of carbonyl (C=O) groups excluding carboxylic acids is 1. The number of esters is 1. The number of aromatic nitrogens is 5. The zero-order valence-electron chi connectivity index (χ0n) is 16.7. The van der Waals surface area contributed by atoms with E-state index >= 15 is 0 Å². The molecule has 0 spiro atoms. The lowest BCUT2D eigenvalue weighted by molar-refractivity contribution is -0.142. The molecule has 0 saturated heterocycles. The van der Waals surface area contributed by atoms with Gasteiger partial charge in [0, 0.05) is 24.2 Å². The summed E-state index contributed by atoms with van der Waals surface area (Å²) >= 11 is 1.20. The molecule has 0 radical (unpaired) electrons. The molecule has 0 amide bonds. The molecule has 0 aliphatic heterocycles. The van der Waals surface area contributed by atoms with E-state index in [1.165, 1.54) is 17.8 Å². The van der Waals surface area contributed by atoms with Gasteiger partial charge in [-0.05, 0) is 26.0 Å². The number of hydrogen-bond donors (Lipinski definition) is 2. The molecular weight excluding hydrogens is 410 g/mol. The molecule has 0 aliphatic rings. The third-order valence-electron chi connectivity index (χ3n) is 4.08. The quantitative estimate of drug-likeness (QED) is 0.403. The molecule has 0 unspecified atom stereocenters. The Hall–Kier alpha value is -3.34. The summed E-state index contributed by atoms with van der Waals surface area (Å²) in [6.45, 7) is 3.75. The summed E-state index contributed by atoms with van der Waals surface area (Å²) < 4.78 is 12.1. The number of ether oxygens (including phenoxy) is 2. The first-order chi connectivity index (χ1) is 14.4. The molecule has 10 nitrogen and oxygen atoms in total. The fourth-order valence-electron chi connectivity index (χ4n) is 2.75. The highest BCUT2D eigenvalue weighted by atomic mass is 32.2. The van der Waals surface area contributed by atoms with Crippen molar-refractivity contribution in [2.45, 2.75) is 30.7 Å². The summed E-state index contributed by atoms with van der Waals surface area (Å²) in [4.78, 5) is 40.0. The van der Waals surface area contributed by atoms with E-state index in [1.807, 2.05) is 12.1 Å². The van der Waals surface area contributed by atoms with Gasteiger partial charge in [-0.15, -0.1) is 10.2 Å². The van der Waals surface area contributed by atoms with Crippen molar-refractivity contribution in [2.24, 2.45) is 0 Å². The van der Waals surface area contributed by atoms with Crippen molar-refractivity contribution in [3.05, 3.63) is 62.7 Å². The number of aromatic amines is 2. The lowest BCUT2D eigenvalue weighted by Gasteiger charge is -2.13. The number of benzene rings is 1. The molecule has 0 aliphatic carbocycles. The maximum atomic E-state index is 12.1. The van der Waals surface area contributed by atoms with E-state index in [4.69, 9.17) is 9.47 Å². The summed E-state index contributed by atoms with van der Waals surface area (Å²) in [6.07, 6.45) is 0.151. The van der Waals surface area contributed by atoms with E-state index in [-0.39, 0.29) is 19.0 Å². The van der Waals surface area contributed by atoms with E-state index in [1.54, 1.807) is 37.7 Å². The molecule has 11 heteroatoms. The first-order valence-corrected chi connectivity index (χ1v) is 10.0. The van der Waals surface area contributed by atoms with Gasteiger partial charge in [0.2, 0.25) is 0 Å². The van der Waals surface area contributed by atoms with Crippen LogP contribution < -0.4 is 16.0 Å².